The number of benzene rings is 1. The normalized spacial score (nSPS) is 13.0. The molecule has 0 spiro atoms. The number of fused-ring (bicyclic) bond motifs is 1. The highest BCUT2D eigenvalue weighted by Gasteiger charge is 2.21. The summed E-state index contributed by atoms with van der Waals surface area (Å²) in [5.74, 6) is 0.837. The van der Waals surface area contributed by atoms with Crippen molar-refractivity contribution in [3.63, 3.8) is 0 Å². The summed E-state index contributed by atoms with van der Waals surface area (Å²) in [4.78, 5) is 4.70. The molecule has 3 rings (SSSR count). The van der Waals surface area contributed by atoms with E-state index in [1.54, 1.807) is 0 Å². The van der Waals surface area contributed by atoms with Gasteiger partial charge in [-0.25, -0.2) is 9.67 Å². The van der Waals surface area contributed by atoms with Gasteiger partial charge in [-0.05, 0) is 44.5 Å². The smallest absolute Gasteiger partial charge is 0.163 e. The number of hydrogen-bond acceptors (Lipinski definition) is 2. The zero-order valence-electron chi connectivity index (χ0n) is 12.4. The van der Waals surface area contributed by atoms with Crippen molar-refractivity contribution >= 4 is 38.7 Å². The molecule has 110 valence electrons. The molecule has 1 aromatic carbocycles. The van der Waals surface area contributed by atoms with E-state index in [0.29, 0.717) is 0 Å². The summed E-state index contributed by atoms with van der Waals surface area (Å²) >= 11 is 9.88. The average Bonchev–Trinajstić information content (AvgIpc) is 2.93. The predicted octanol–water partition coefficient (Wildman–Crippen LogP) is 4.44. The molecule has 1 atom stereocenters. The minimum Gasteiger partial charge on any atom is -0.280 e. The Kier molecular flexibility index (Phi) is 3.58. The van der Waals surface area contributed by atoms with Gasteiger partial charge >= 0.3 is 0 Å². The number of aromatic nitrogens is 4. The number of rotatable bonds is 2. The molecule has 0 radical (unpaired) electrons. The largest absolute Gasteiger partial charge is 0.280 e. The van der Waals surface area contributed by atoms with Crippen molar-refractivity contribution in [2.24, 2.45) is 7.05 Å². The highest BCUT2D eigenvalue weighted by atomic mass is 79.9. The van der Waals surface area contributed by atoms with Gasteiger partial charge in [0.25, 0.3) is 0 Å². The van der Waals surface area contributed by atoms with E-state index in [1.165, 1.54) is 5.56 Å². The summed E-state index contributed by atoms with van der Waals surface area (Å²) in [5.41, 5.74) is 5.00. The Morgan fingerprint density at radius 3 is 2.62 bits per heavy atom. The Balaban J connectivity index is 2.38. The zero-order chi connectivity index (χ0) is 15.3. The Morgan fingerprint density at radius 2 is 2.00 bits per heavy atom. The van der Waals surface area contributed by atoms with E-state index in [0.717, 1.165) is 32.8 Å². The lowest BCUT2D eigenvalue weighted by Gasteiger charge is -2.12. The first-order chi connectivity index (χ1) is 9.90. The Hall–Kier alpha value is -1.33. The monoisotopic (exact) mass is 366 g/mol. The van der Waals surface area contributed by atoms with Crippen LogP contribution in [0.4, 0.5) is 0 Å². The lowest BCUT2D eigenvalue weighted by Crippen LogP contribution is -2.06. The van der Waals surface area contributed by atoms with Gasteiger partial charge in [0.15, 0.2) is 5.65 Å². The molecular formula is C15H16BrClN4. The van der Waals surface area contributed by atoms with Gasteiger partial charge in [0.05, 0.1) is 11.1 Å². The molecule has 0 saturated carbocycles. The van der Waals surface area contributed by atoms with Gasteiger partial charge in [-0.15, -0.1) is 11.6 Å². The van der Waals surface area contributed by atoms with E-state index in [1.807, 2.05) is 31.6 Å². The van der Waals surface area contributed by atoms with Gasteiger partial charge in [-0.2, -0.15) is 5.10 Å². The van der Waals surface area contributed by atoms with Gasteiger partial charge in [-0.3, -0.25) is 4.57 Å². The molecule has 4 nitrogen and oxygen atoms in total. The first-order valence-corrected chi connectivity index (χ1v) is 7.95. The van der Waals surface area contributed by atoms with Crippen molar-refractivity contribution in [2.75, 3.05) is 0 Å². The molecule has 0 aliphatic rings. The summed E-state index contributed by atoms with van der Waals surface area (Å²) in [6, 6.07) is 6.22. The maximum absolute atomic E-state index is 6.34. The molecule has 1 unspecified atom stereocenters. The molecule has 0 bridgehead atoms. The molecule has 2 aromatic heterocycles. The highest BCUT2D eigenvalue weighted by Crippen LogP contribution is 2.30. The molecule has 6 heteroatoms. The average molecular weight is 368 g/mol. The van der Waals surface area contributed by atoms with Crippen molar-refractivity contribution in [3.05, 3.63) is 39.8 Å². The Labute approximate surface area is 136 Å². The fourth-order valence-electron chi connectivity index (χ4n) is 2.58. The number of halogens is 2. The molecule has 0 amide bonds. The molecule has 0 N–H and O–H groups in total. The first kappa shape index (κ1) is 14.6. The lowest BCUT2D eigenvalue weighted by molar-refractivity contribution is 0.748. The number of aryl methyl sites for hydroxylation is 3. The van der Waals surface area contributed by atoms with Crippen LogP contribution in [-0.4, -0.2) is 19.3 Å². The van der Waals surface area contributed by atoms with Crippen LogP contribution < -0.4 is 0 Å². The third kappa shape index (κ3) is 2.28. The van der Waals surface area contributed by atoms with Crippen LogP contribution in [0.3, 0.4) is 0 Å². The van der Waals surface area contributed by atoms with E-state index in [-0.39, 0.29) is 5.38 Å². The van der Waals surface area contributed by atoms with E-state index in [9.17, 15) is 0 Å². The second-order valence-electron chi connectivity index (χ2n) is 5.24. The SMILES string of the molecule is Cc1cc(-n2c(C(C)Cl)nc3c(C)nn(C)c32)ccc1Br. The minimum absolute atomic E-state index is 0.180. The molecule has 2 heterocycles. The van der Waals surface area contributed by atoms with Crippen LogP contribution in [0.25, 0.3) is 16.9 Å². The fourth-order valence-corrected chi connectivity index (χ4v) is 2.97. The van der Waals surface area contributed by atoms with Crippen LogP contribution in [0.15, 0.2) is 22.7 Å². The molecular weight excluding hydrogens is 352 g/mol. The molecule has 0 fully saturated rings. The van der Waals surface area contributed by atoms with Gasteiger partial charge in [0, 0.05) is 17.2 Å². The van der Waals surface area contributed by atoms with Gasteiger partial charge < -0.3 is 0 Å². The third-order valence-corrected chi connectivity index (χ3v) is 4.67. The summed E-state index contributed by atoms with van der Waals surface area (Å²) in [5, 5.41) is 4.28. The molecule has 0 aliphatic carbocycles. The van der Waals surface area contributed by atoms with Crippen molar-refractivity contribution < 1.29 is 0 Å². The van der Waals surface area contributed by atoms with E-state index >= 15 is 0 Å². The number of imidazole rings is 1. The molecule has 0 saturated heterocycles. The Bertz CT molecular complexity index is 832. The molecule has 21 heavy (non-hydrogen) atoms. The van der Waals surface area contributed by atoms with Gasteiger partial charge in [-0.1, -0.05) is 15.9 Å². The van der Waals surface area contributed by atoms with Crippen molar-refractivity contribution in [1.82, 2.24) is 19.3 Å². The molecule has 0 aliphatic heterocycles. The van der Waals surface area contributed by atoms with E-state index < -0.39 is 0 Å². The number of nitrogens with zero attached hydrogens (tertiary/aromatic N) is 4. The van der Waals surface area contributed by atoms with Crippen LogP contribution >= 0.6 is 27.5 Å². The van der Waals surface area contributed by atoms with Crippen molar-refractivity contribution in [2.45, 2.75) is 26.1 Å². The topological polar surface area (TPSA) is 35.6 Å². The van der Waals surface area contributed by atoms with Crippen LogP contribution in [0.1, 0.15) is 29.4 Å². The summed E-state index contributed by atoms with van der Waals surface area (Å²) in [6.45, 7) is 5.98. The quantitative estimate of drug-likeness (QED) is 0.628. The lowest BCUT2D eigenvalue weighted by atomic mass is 10.2. The number of alkyl halides is 1. The second-order valence-corrected chi connectivity index (χ2v) is 6.75. The predicted molar refractivity (Wildman–Crippen MR) is 89.3 cm³/mol. The fraction of sp³-hybridized carbons (Fsp3) is 0.333. The summed E-state index contributed by atoms with van der Waals surface area (Å²) in [6.07, 6.45) is 0. The van der Waals surface area contributed by atoms with Crippen molar-refractivity contribution in [1.29, 1.82) is 0 Å². The first-order valence-electron chi connectivity index (χ1n) is 6.72. The van der Waals surface area contributed by atoms with Crippen LogP contribution in [0.5, 0.6) is 0 Å². The third-order valence-electron chi connectivity index (χ3n) is 3.58. The maximum atomic E-state index is 6.34. The van der Waals surface area contributed by atoms with Gasteiger partial charge in [0.1, 0.15) is 11.3 Å². The standard InChI is InChI=1S/C15H16BrClN4/c1-8-7-11(5-6-12(8)16)21-14(9(2)17)18-13-10(3)19-20(4)15(13)21/h5-7,9H,1-4H3. The number of hydrogen-bond donors (Lipinski definition) is 0. The highest BCUT2D eigenvalue weighted by molar-refractivity contribution is 9.10. The zero-order valence-corrected chi connectivity index (χ0v) is 14.7. The molecule has 3 aromatic rings. The Morgan fingerprint density at radius 1 is 1.29 bits per heavy atom. The van der Waals surface area contributed by atoms with E-state index in [4.69, 9.17) is 16.6 Å². The van der Waals surface area contributed by atoms with Crippen molar-refractivity contribution in [3.8, 4) is 5.69 Å². The minimum atomic E-state index is -0.180. The van der Waals surface area contributed by atoms with Crippen LogP contribution in [0, 0.1) is 13.8 Å². The van der Waals surface area contributed by atoms with Crippen LogP contribution in [-0.2, 0) is 7.05 Å². The summed E-state index contributed by atoms with van der Waals surface area (Å²) in [7, 11) is 1.93. The summed E-state index contributed by atoms with van der Waals surface area (Å²) < 4.78 is 5.04. The van der Waals surface area contributed by atoms with Crippen LogP contribution in [0.2, 0.25) is 0 Å². The van der Waals surface area contributed by atoms with E-state index in [2.05, 4.69) is 44.7 Å². The maximum Gasteiger partial charge on any atom is 0.163 e. The van der Waals surface area contributed by atoms with Gasteiger partial charge in [0.2, 0.25) is 0 Å². The second kappa shape index (κ2) is 5.14.